The van der Waals surface area contributed by atoms with E-state index in [1.54, 1.807) is 49.9 Å². The van der Waals surface area contributed by atoms with E-state index in [9.17, 15) is 19.5 Å². The van der Waals surface area contributed by atoms with Crippen LogP contribution in [0.4, 0.5) is 4.79 Å². The van der Waals surface area contributed by atoms with E-state index >= 15 is 0 Å². The van der Waals surface area contributed by atoms with Gasteiger partial charge in [0.25, 0.3) is 0 Å². The van der Waals surface area contributed by atoms with Crippen molar-refractivity contribution in [3.05, 3.63) is 64.7 Å². The van der Waals surface area contributed by atoms with E-state index in [0.717, 1.165) is 28.7 Å². The highest BCUT2D eigenvalue weighted by Crippen LogP contribution is 2.42. The summed E-state index contributed by atoms with van der Waals surface area (Å²) in [6.45, 7) is 17.0. The number of hydrogen-bond donors (Lipinski definition) is 3. The lowest BCUT2D eigenvalue weighted by atomic mass is 9.92. The molecule has 0 aliphatic heterocycles. The van der Waals surface area contributed by atoms with Crippen molar-refractivity contribution in [3.63, 3.8) is 0 Å². The van der Waals surface area contributed by atoms with Crippen LogP contribution in [0.2, 0.25) is 0 Å². The Balaban J connectivity index is 2.11. The zero-order valence-corrected chi connectivity index (χ0v) is 25.3. The molecule has 0 saturated heterocycles. The number of aromatic hydroxyl groups is 1. The van der Waals surface area contributed by atoms with Gasteiger partial charge in [0.05, 0.1) is 0 Å². The molecule has 3 N–H and O–H groups in total. The summed E-state index contributed by atoms with van der Waals surface area (Å²) in [5.74, 6) is -0.314. The minimum absolute atomic E-state index is 0.106. The number of carbonyl (C=O) groups is 3. The molecule has 0 aromatic heterocycles. The highest BCUT2D eigenvalue weighted by molar-refractivity contribution is 5.93. The Labute approximate surface area is 238 Å². The summed E-state index contributed by atoms with van der Waals surface area (Å²) in [6.07, 6.45) is 0.209. The first-order valence-electron chi connectivity index (χ1n) is 13.9. The van der Waals surface area contributed by atoms with Gasteiger partial charge in [-0.05, 0) is 102 Å². The van der Waals surface area contributed by atoms with Crippen LogP contribution in [-0.4, -0.2) is 51.1 Å². The minimum Gasteiger partial charge on any atom is -0.508 e. The molecule has 8 nitrogen and oxygen atoms in total. The van der Waals surface area contributed by atoms with Crippen molar-refractivity contribution in [2.45, 2.75) is 104 Å². The van der Waals surface area contributed by atoms with Gasteiger partial charge in [0.2, 0.25) is 11.8 Å². The minimum atomic E-state index is -0.999. The van der Waals surface area contributed by atoms with Crippen LogP contribution < -0.4 is 10.6 Å². The Bertz CT molecular complexity index is 1210. The fourth-order valence-corrected chi connectivity index (χ4v) is 4.96. The number of rotatable bonds is 8. The van der Waals surface area contributed by atoms with Gasteiger partial charge in [-0.3, -0.25) is 9.59 Å². The number of carbonyl (C=O) groups excluding carboxylic acids is 3. The molecule has 1 aliphatic carbocycles. The molecule has 0 radical (unpaired) electrons. The summed E-state index contributed by atoms with van der Waals surface area (Å²) in [6, 6.07) is 10.3. The van der Waals surface area contributed by atoms with Crippen molar-refractivity contribution in [2.24, 2.45) is 5.92 Å². The highest BCUT2D eigenvalue weighted by Gasteiger charge is 2.49. The molecule has 8 heteroatoms. The van der Waals surface area contributed by atoms with Crippen LogP contribution in [-0.2, 0) is 20.7 Å². The largest absolute Gasteiger partial charge is 0.508 e. The predicted octanol–water partition coefficient (Wildman–Crippen LogP) is 5.34. The number of aryl methyl sites for hydroxylation is 2. The summed E-state index contributed by atoms with van der Waals surface area (Å²) < 4.78 is 5.51. The van der Waals surface area contributed by atoms with E-state index < -0.39 is 29.3 Å². The molecule has 0 spiro atoms. The van der Waals surface area contributed by atoms with Gasteiger partial charge in [0.1, 0.15) is 23.4 Å². The Kier molecular flexibility index (Phi) is 9.22. The van der Waals surface area contributed by atoms with Gasteiger partial charge < -0.3 is 25.4 Å². The molecule has 0 heterocycles. The number of alkyl carbamates (subject to hydrolysis) is 1. The van der Waals surface area contributed by atoms with E-state index in [2.05, 4.69) is 17.6 Å². The number of amides is 3. The molecule has 2 aromatic rings. The topological polar surface area (TPSA) is 108 Å². The van der Waals surface area contributed by atoms with Gasteiger partial charge >= 0.3 is 6.09 Å². The molecule has 1 aliphatic rings. The quantitative estimate of drug-likeness (QED) is 0.411. The van der Waals surface area contributed by atoms with Crippen molar-refractivity contribution in [2.75, 3.05) is 0 Å². The summed E-state index contributed by atoms with van der Waals surface area (Å²) in [7, 11) is 0. The van der Waals surface area contributed by atoms with Gasteiger partial charge in [-0.2, -0.15) is 0 Å². The smallest absolute Gasteiger partial charge is 0.408 e. The first-order chi connectivity index (χ1) is 18.5. The standard InChI is InChI=1S/C32H45N3O5/c1-19-11-10-12-20(2)26(19)27(28(37)34-31(4,5)6)35(25-17-21(25)3)29(38)24(33-30(39)40-32(7,8)9)18-22-13-15-23(36)16-14-22/h10-16,21,24-25,27,36H,17-18H2,1-9H3,(H,33,39)(H,34,37). The van der Waals surface area contributed by atoms with Gasteiger partial charge in [0.15, 0.2) is 0 Å². The molecule has 4 unspecified atom stereocenters. The van der Waals surface area contributed by atoms with Crippen molar-refractivity contribution in [1.82, 2.24) is 15.5 Å². The average Bonchev–Trinajstić information content (AvgIpc) is 3.52. The molecule has 218 valence electrons. The first kappa shape index (κ1) is 31.0. The molecule has 1 fully saturated rings. The van der Waals surface area contributed by atoms with Gasteiger partial charge in [-0.15, -0.1) is 0 Å². The Morgan fingerprint density at radius 1 is 1.00 bits per heavy atom. The molecule has 2 aromatic carbocycles. The van der Waals surface area contributed by atoms with Gasteiger partial charge in [0, 0.05) is 18.0 Å². The molecule has 4 atom stereocenters. The molecule has 0 bridgehead atoms. The van der Waals surface area contributed by atoms with Crippen molar-refractivity contribution in [3.8, 4) is 5.75 Å². The second-order valence-corrected chi connectivity index (χ2v) is 13.0. The third-order valence-electron chi connectivity index (χ3n) is 6.88. The van der Waals surface area contributed by atoms with E-state index in [1.807, 2.05) is 52.8 Å². The second-order valence-electron chi connectivity index (χ2n) is 13.0. The fraction of sp³-hybridized carbons (Fsp3) is 0.531. The first-order valence-corrected chi connectivity index (χ1v) is 13.9. The number of hydrogen-bond acceptors (Lipinski definition) is 5. The summed E-state index contributed by atoms with van der Waals surface area (Å²) in [4.78, 5) is 43.2. The number of ether oxygens (including phenoxy) is 1. The van der Waals surface area contributed by atoms with Crippen molar-refractivity contribution in [1.29, 1.82) is 0 Å². The molecular weight excluding hydrogens is 506 g/mol. The lowest BCUT2D eigenvalue weighted by Gasteiger charge is -2.37. The number of nitrogens with one attached hydrogen (secondary N) is 2. The van der Waals surface area contributed by atoms with Crippen LogP contribution in [0.5, 0.6) is 5.75 Å². The van der Waals surface area contributed by atoms with Crippen LogP contribution in [0.1, 0.15) is 83.2 Å². The van der Waals surface area contributed by atoms with E-state index in [0.29, 0.717) is 0 Å². The van der Waals surface area contributed by atoms with Crippen LogP contribution in [0.25, 0.3) is 0 Å². The number of phenols is 1. The fourth-order valence-electron chi connectivity index (χ4n) is 4.96. The van der Waals surface area contributed by atoms with Gasteiger partial charge in [-0.1, -0.05) is 37.3 Å². The molecule has 3 rings (SSSR count). The lowest BCUT2D eigenvalue weighted by Crippen LogP contribution is -2.56. The van der Waals surface area contributed by atoms with E-state index in [1.165, 1.54) is 0 Å². The Morgan fingerprint density at radius 3 is 2.02 bits per heavy atom. The van der Waals surface area contributed by atoms with Crippen molar-refractivity contribution < 1.29 is 24.2 Å². The normalized spacial score (nSPS) is 18.3. The lowest BCUT2D eigenvalue weighted by molar-refractivity contribution is -0.144. The van der Waals surface area contributed by atoms with Gasteiger partial charge in [-0.25, -0.2) is 4.79 Å². The SMILES string of the molecule is Cc1cccc(C)c1C(C(=O)NC(C)(C)C)N(C(=O)C(Cc1ccc(O)cc1)NC(=O)OC(C)(C)C)C1CC1C. The summed E-state index contributed by atoms with van der Waals surface area (Å²) in [5.41, 5.74) is 2.09. The highest BCUT2D eigenvalue weighted by atomic mass is 16.6. The van der Waals surface area contributed by atoms with E-state index in [4.69, 9.17) is 4.74 Å². The average molecular weight is 552 g/mol. The molecular formula is C32H45N3O5. The molecule has 1 saturated carbocycles. The van der Waals surface area contributed by atoms with Crippen LogP contribution in [0, 0.1) is 19.8 Å². The number of nitrogens with zero attached hydrogens (tertiary/aromatic N) is 1. The predicted molar refractivity (Wildman–Crippen MR) is 156 cm³/mol. The molecule has 3 amide bonds. The molecule has 40 heavy (non-hydrogen) atoms. The van der Waals surface area contributed by atoms with Crippen molar-refractivity contribution >= 4 is 17.9 Å². The zero-order valence-electron chi connectivity index (χ0n) is 25.3. The summed E-state index contributed by atoms with van der Waals surface area (Å²) in [5, 5.41) is 15.7. The van der Waals surface area contributed by atoms with E-state index in [-0.39, 0.29) is 35.9 Å². The number of phenolic OH excluding ortho intramolecular Hbond substituents is 1. The van der Waals surface area contributed by atoms with Crippen LogP contribution in [0.15, 0.2) is 42.5 Å². The maximum Gasteiger partial charge on any atom is 0.408 e. The van der Waals surface area contributed by atoms with Crippen LogP contribution >= 0.6 is 0 Å². The maximum absolute atomic E-state index is 14.6. The monoisotopic (exact) mass is 551 g/mol. The zero-order chi connectivity index (χ0) is 30.0. The third-order valence-corrected chi connectivity index (χ3v) is 6.88. The Hall–Kier alpha value is -3.55. The maximum atomic E-state index is 14.6. The Morgan fingerprint density at radius 2 is 1.55 bits per heavy atom. The second kappa shape index (κ2) is 11.9. The van der Waals surface area contributed by atoms with Crippen LogP contribution in [0.3, 0.4) is 0 Å². The number of benzene rings is 2. The summed E-state index contributed by atoms with van der Waals surface area (Å²) >= 11 is 0. The third kappa shape index (κ3) is 8.23.